The number of ether oxygens (including phenoxy) is 1. The summed E-state index contributed by atoms with van der Waals surface area (Å²) in [5.41, 5.74) is -1.22. The monoisotopic (exact) mass is 340 g/mol. The predicted molar refractivity (Wildman–Crippen MR) is 90.0 cm³/mol. The molecule has 2 saturated carbocycles. The van der Waals surface area contributed by atoms with Crippen LogP contribution in [0.25, 0.3) is 0 Å². The van der Waals surface area contributed by atoms with Gasteiger partial charge in [-0.3, -0.25) is 4.79 Å². The van der Waals surface area contributed by atoms with Crippen LogP contribution in [0, 0.1) is 28.6 Å². The molecular weight excluding hydrogens is 310 g/mol. The van der Waals surface area contributed by atoms with E-state index in [2.05, 4.69) is 19.9 Å². The summed E-state index contributed by atoms with van der Waals surface area (Å²) in [6.45, 7) is 7.58. The Kier molecular flexibility index (Phi) is 4.43. The number of Topliss-reactive ketones (excluding diaryl/α,β-unsaturated/α-hetero) is 1. The lowest BCUT2D eigenvalue weighted by Crippen LogP contribution is -2.55. The van der Waals surface area contributed by atoms with E-state index in [-0.39, 0.29) is 22.5 Å². The zero-order valence-corrected chi connectivity index (χ0v) is 15.3. The molecule has 136 valence electrons. The number of alkyl halides is 2. The van der Waals surface area contributed by atoms with E-state index < -0.39 is 18.6 Å². The number of carbonyl (C=O) groups excluding carboxylic acids is 1. The molecule has 6 atom stereocenters. The van der Waals surface area contributed by atoms with Gasteiger partial charge in [-0.1, -0.05) is 33.3 Å². The van der Waals surface area contributed by atoms with Crippen LogP contribution in [-0.2, 0) is 9.53 Å². The van der Waals surface area contributed by atoms with Gasteiger partial charge in [-0.25, -0.2) is 8.78 Å². The summed E-state index contributed by atoms with van der Waals surface area (Å²) in [5, 5.41) is 0. The third-order valence-electron chi connectivity index (χ3n) is 7.70. The first-order valence-electron chi connectivity index (χ1n) is 9.32. The molecule has 0 aromatic rings. The van der Waals surface area contributed by atoms with E-state index in [1.807, 2.05) is 6.92 Å². The normalized spacial score (nSPS) is 48.3. The summed E-state index contributed by atoms with van der Waals surface area (Å²) in [7, 11) is 0. The quantitative estimate of drug-likeness (QED) is 0.674. The van der Waals surface area contributed by atoms with Crippen molar-refractivity contribution in [2.45, 2.75) is 71.8 Å². The zero-order valence-electron chi connectivity index (χ0n) is 15.3. The van der Waals surface area contributed by atoms with Gasteiger partial charge in [0.2, 0.25) is 0 Å². The van der Waals surface area contributed by atoms with Crippen molar-refractivity contribution in [1.82, 2.24) is 0 Å². The molecule has 0 saturated heterocycles. The molecule has 4 heteroatoms. The van der Waals surface area contributed by atoms with Crippen LogP contribution in [0.15, 0.2) is 12.2 Å². The molecule has 0 heterocycles. The van der Waals surface area contributed by atoms with Crippen LogP contribution in [-0.4, -0.2) is 24.4 Å². The largest absolute Gasteiger partial charge is 0.357 e. The van der Waals surface area contributed by atoms with Crippen molar-refractivity contribution in [1.29, 1.82) is 0 Å². The lowest BCUT2D eigenvalue weighted by molar-refractivity contribution is -0.156. The molecule has 24 heavy (non-hydrogen) atoms. The van der Waals surface area contributed by atoms with Gasteiger partial charge in [0.1, 0.15) is 12.2 Å². The Bertz CT molecular complexity index is 546. The van der Waals surface area contributed by atoms with Gasteiger partial charge in [-0.05, 0) is 61.3 Å². The first-order chi connectivity index (χ1) is 11.2. The van der Waals surface area contributed by atoms with Gasteiger partial charge in [0.25, 0.3) is 6.43 Å². The van der Waals surface area contributed by atoms with E-state index in [1.54, 1.807) is 13.0 Å². The highest BCUT2D eigenvalue weighted by Crippen LogP contribution is 2.66. The van der Waals surface area contributed by atoms with Crippen LogP contribution in [0.2, 0.25) is 0 Å². The second-order valence-corrected chi connectivity index (χ2v) is 8.71. The summed E-state index contributed by atoms with van der Waals surface area (Å²) in [6.07, 6.45) is 6.96. The van der Waals surface area contributed by atoms with Crippen molar-refractivity contribution >= 4 is 5.78 Å². The molecule has 3 aliphatic rings. The van der Waals surface area contributed by atoms with Crippen LogP contribution < -0.4 is 0 Å². The van der Waals surface area contributed by atoms with Gasteiger partial charge in [0.15, 0.2) is 5.78 Å². The molecule has 0 aromatic carbocycles. The van der Waals surface area contributed by atoms with Crippen molar-refractivity contribution in [3.63, 3.8) is 0 Å². The molecule has 0 aliphatic heterocycles. The predicted octanol–water partition coefficient (Wildman–Crippen LogP) is 5.02. The van der Waals surface area contributed by atoms with E-state index in [0.717, 1.165) is 32.1 Å². The number of allylic oxidation sites excluding steroid dienone is 1. The van der Waals surface area contributed by atoms with Crippen LogP contribution >= 0.6 is 0 Å². The third-order valence-corrected chi connectivity index (χ3v) is 7.70. The van der Waals surface area contributed by atoms with Crippen molar-refractivity contribution in [3.8, 4) is 0 Å². The zero-order chi connectivity index (χ0) is 17.8. The van der Waals surface area contributed by atoms with E-state index in [9.17, 15) is 13.6 Å². The summed E-state index contributed by atoms with van der Waals surface area (Å²) in [5.74, 6) is 0.862. The molecule has 0 spiro atoms. The van der Waals surface area contributed by atoms with Crippen molar-refractivity contribution in [2.24, 2.45) is 28.6 Å². The van der Waals surface area contributed by atoms with Gasteiger partial charge in [0.05, 0.1) is 0 Å². The van der Waals surface area contributed by atoms with Gasteiger partial charge in [0, 0.05) is 5.92 Å². The number of carbonyl (C=O) groups is 1. The van der Waals surface area contributed by atoms with E-state index in [0.29, 0.717) is 11.8 Å². The summed E-state index contributed by atoms with van der Waals surface area (Å²) in [4.78, 5) is 13.2. The van der Waals surface area contributed by atoms with Gasteiger partial charge in [-0.15, -0.1) is 0 Å². The molecule has 0 radical (unpaired) electrons. The Morgan fingerprint density at radius 1 is 1.21 bits per heavy atom. The highest BCUT2D eigenvalue weighted by atomic mass is 19.3. The second kappa shape index (κ2) is 5.89. The minimum absolute atomic E-state index is 0.0125. The summed E-state index contributed by atoms with van der Waals surface area (Å²) >= 11 is 0. The maximum Gasteiger partial charge on any atom is 0.261 e. The fourth-order valence-corrected chi connectivity index (χ4v) is 5.95. The SMILES string of the molecule is CC1CCC23CCCC2[C@]1(C)C=C[C@@](C)(OCC(F)F)C(=O)[C@@H]3C. The maximum atomic E-state index is 13.2. The topological polar surface area (TPSA) is 26.3 Å². The Balaban J connectivity index is 2.06. The maximum absolute atomic E-state index is 13.2. The lowest BCUT2D eigenvalue weighted by Gasteiger charge is -2.57. The standard InChI is InChI=1S/C20H30F2O2/c1-13-7-9-20-8-5-6-15(20)18(13,3)10-11-19(4,17(23)14(20)2)24-12-16(21)22/h10-11,13-16H,5-9,12H2,1-4H3/t13?,14-,15?,18+,19+,20?/m0/s1. The smallest absolute Gasteiger partial charge is 0.261 e. The summed E-state index contributed by atoms with van der Waals surface area (Å²) in [6, 6.07) is 0. The van der Waals surface area contributed by atoms with Gasteiger partial charge < -0.3 is 4.74 Å². The molecule has 0 aromatic heterocycles. The molecule has 2 fully saturated rings. The number of ketones is 1. The number of hydrogen-bond acceptors (Lipinski definition) is 2. The second-order valence-electron chi connectivity index (χ2n) is 8.71. The van der Waals surface area contributed by atoms with E-state index >= 15 is 0 Å². The van der Waals surface area contributed by atoms with Crippen molar-refractivity contribution in [2.75, 3.05) is 6.61 Å². The molecule has 3 rings (SSSR count). The van der Waals surface area contributed by atoms with Crippen LogP contribution in [0.4, 0.5) is 8.78 Å². The fourth-order valence-electron chi connectivity index (χ4n) is 5.95. The molecule has 0 N–H and O–H groups in total. The van der Waals surface area contributed by atoms with Crippen molar-refractivity contribution in [3.05, 3.63) is 12.2 Å². The van der Waals surface area contributed by atoms with Gasteiger partial charge >= 0.3 is 0 Å². The molecule has 2 nitrogen and oxygen atoms in total. The van der Waals surface area contributed by atoms with Crippen LogP contribution in [0.3, 0.4) is 0 Å². The summed E-state index contributed by atoms with van der Waals surface area (Å²) < 4.78 is 30.8. The highest BCUT2D eigenvalue weighted by molar-refractivity contribution is 5.91. The first-order valence-corrected chi connectivity index (χ1v) is 9.32. The van der Waals surface area contributed by atoms with Gasteiger partial charge in [-0.2, -0.15) is 0 Å². The minimum Gasteiger partial charge on any atom is -0.357 e. The number of halogens is 2. The molecular formula is C20H30F2O2. The lowest BCUT2D eigenvalue weighted by atomic mass is 9.47. The Morgan fingerprint density at radius 2 is 1.92 bits per heavy atom. The molecule has 2 bridgehead atoms. The highest BCUT2D eigenvalue weighted by Gasteiger charge is 2.61. The molecule has 0 amide bonds. The van der Waals surface area contributed by atoms with E-state index in [1.165, 1.54) is 0 Å². The van der Waals surface area contributed by atoms with Crippen LogP contribution in [0.1, 0.15) is 59.8 Å². The Hall–Kier alpha value is -0.770. The Labute approximate surface area is 144 Å². The average molecular weight is 340 g/mol. The number of hydrogen-bond donors (Lipinski definition) is 0. The Morgan fingerprint density at radius 3 is 2.58 bits per heavy atom. The fraction of sp³-hybridized carbons (Fsp3) is 0.850. The third kappa shape index (κ3) is 2.48. The van der Waals surface area contributed by atoms with E-state index in [4.69, 9.17) is 4.74 Å². The number of rotatable bonds is 3. The minimum atomic E-state index is -2.56. The van der Waals surface area contributed by atoms with Crippen molar-refractivity contribution < 1.29 is 18.3 Å². The molecule has 3 aliphatic carbocycles. The molecule has 3 unspecified atom stereocenters. The average Bonchev–Trinajstić information content (AvgIpc) is 2.99. The first kappa shape index (κ1) is 18.0. The van der Waals surface area contributed by atoms with Crippen LogP contribution in [0.5, 0.6) is 0 Å².